The maximum atomic E-state index is 11.3. The first-order valence-electron chi connectivity index (χ1n) is 8.43. The number of guanidine groups is 1. The standard InChI is InChI=1S/C18H28N4O2/c1-13-6-5-9-22(12-13)18(19-3)20-11-15-7-8-17(24-4)16(10-15)21-14(2)23/h7-8,10,13H,5-6,9,11-12H2,1-4H3,(H,19,20)(H,21,23). The lowest BCUT2D eigenvalue weighted by atomic mass is 10.0. The fraction of sp³-hybridized carbons (Fsp3) is 0.556. The zero-order valence-electron chi connectivity index (χ0n) is 15.1. The second-order valence-electron chi connectivity index (χ2n) is 6.31. The molecule has 6 heteroatoms. The molecule has 0 bridgehead atoms. The highest BCUT2D eigenvalue weighted by Crippen LogP contribution is 2.25. The molecule has 0 radical (unpaired) electrons. The fourth-order valence-corrected chi connectivity index (χ4v) is 3.05. The van der Waals surface area contributed by atoms with E-state index in [-0.39, 0.29) is 5.91 Å². The highest BCUT2D eigenvalue weighted by Gasteiger charge is 2.19. The van der Waals surface area contributed by atoms with Gasteiger partial charge in [0.2, 0.25) is 5.91 Å². The van der Waals surface area contributed by atoms with Gasteiger partial charge in [-0.2, -0.15) is 0 Å². The topological polar surface area (TPSA) is 66.0 Å². The lowest BCUT2D eigenvalue weighted by Crippen LogP contribution is -2.45. The predicted octanol–water partition coefficient (Wildman–Crippen LogP) is 2.46. The quantitative estimate of drug-likeness (QED) is 0.657. The van der Waals surface area contributed by atoms with Crippen LogP contribution in [0.1, 0.15) is 32.3 Å². The molecule has 2 N–H and O–H groups in total. The molecule has 0 aliphatic carbocycles. The number of methoxy groups -OCH3 is 1. The number of likely N-dealkylation sites (tertiary alicyclic amines) is 1. The third-order valence-corrected chi connectivity index (χ3v) is 4.19. The first-order valence-corrected chi connectivity index (χ1v) is 8.43. The molecule has 24 heavy (non-hydrogen) atoms. The van der Waals surface area contributed by atoms with Crippen LogP contribution in [0.3, 0.4) is 0 Å². The van der Waals surface area contributed by atoms with Crippen molar-refractivity contribution in [3.63, 3.8) is 0 Å². The van der Waals surface area contributed by atoms with Gasteiger partial charge < -0.3 is 20.3 Å². The molecule has 6 nitrogen and oxygen atoms in total. The third-order valence-electron chi connectivity index (χ3n) is 4.19. The van der Waals surface area contributed by atoms with Gasteiger partial charge in [-0.1, -0.05) is 13.0 Å². The minimum atomic E-state index is -0.114. The van der Waals surface area contributed by atoms with E-state index in [4.69, 9.17) is 4.74 Å². The van der Waals surface area contributed by atoms with E-state index in [9.17, 15) is 4.79 Å². The summed E-state index contributed by atoms with van der Waals surface area (Å²) in [6.07, 6.45) is 2.49. The van der Waals surface area contributed by atoms with Crippen molar-refractivity contribution in [2.75, 3.05) is 32.6 Å². The molecule has 1 aliphatic heterocycles. The van der Waals surface area contributed by atoms with E-state index in [1.165, 1.54) is 19.8 Å². The van der Waals surface area contributed by atoms with Crippen LogP contribution in [-0.4, -0.2) is 44.0 Å². The average molecular weight is 332 g/mol. The Morgan fingerprint density at radius 1 is 1.46 bits per heavy atom. The van der Waals surface area contributed by atoms with Crippen molar-refractivity contribution in [3.05, 3.63) is 23.8 Å². The SMILES string of the molecule is CN=C(NCc1ccc(OC)c(NC(C)=O)c1)N1CCCC(C)C1. The molecule has 0 saturated carbocycles. The number of nitrogens with one attached hydrogen (secondary N) is 2. The Hall–Kier alpha value is -2.24. The molecule has 1 atom stereocenters. The number of hydrogen-bond acceptors (Lipinski definition) is 3. The number of hydrogen-bond donors (Lipinski definition) is 2. The van der Waals surface area contributed by atoms with Crippen molar-refractivity contribution >= 4 is 17.6 Å². The Morgan fingerprint density at radius 2 is 2.25 bits per heavy atom. The molecule has 1 amide bonds. The summed E-state index contributed by atoms with van der Waals surface area (Å²) >= 11 is 0. The minimum Gasteiger partial charge on any atom is -0.495 e. The van der Waals surface area contributed by atoms with E-state index in [0.717, 1.165) is 24.6 Å². The van der Waals surface area contributed by atoms with Gasteiger partial charge in [0.05, 0.1) is 12.8 Å². The molecule has 0 spiro atoms. The number of carbonyl (C=O) groups is 1. The third kappa shape index (κ3) is 4.88. The molecule has 1 aliphatic rings. The predicted molar refractivity (Wildman–Crippen MR) is 97.5 cm³/mol. The summed E-state index contributed by atoms with van der Waals surface area (Å²) in [5, 5.41) is 6.22. The van der Waals surface area contributed by atoms with Crippen LogP contribution >= 0.6 is 0 Å². The molecule has 2 rings (SSSR count). The van der Waals surface area contributed by atoms with Gasteiger partial charge in [0, 0.05) is 33.6 Å². The highest BCUT2D eigenvalue weighted by atomic mass is 16.5. The van der Waals surface area contributed by atoms with Gasteiger partial charge >= 0.3 is 0 Å². The molecule has 0 aromatic heterocycles. The summed E-state index contributed by atoms with van der Waals surface area (Å²) in [7, 11) is 3.41. The van der Waals surface area contributed by atoms with E-state index in [1.54, 1.807) is 7.11 Å². The van der Waals surface area contributed by atoms with E-state index >= 15 is 0 Å². The molecular weight excluding hydrogens is 304 g/mol. The fourth-order valence-electron chi connectivity index (χ4n) is 3.05. The van der Waals surface area contributed by atoms with Crippen LogP contribution in [0.2, 0.25) is 0 Å². The number of amides is 1. The summed E-state index contributed by atoms with van der Waals surface area (Å²) < 4.78 is 5.29. The number of benzene rings is 1. The Kier molecular flexibility index (Phi) is 6.46. The van der Waals surface area contributed by atoms with E-state index < -0.39 is 0 Å². The van der Waals surface area contributed by atoms with Gasteiger partial charge in [0.1, 0.15) is 5.75 Å². The number of aliphatic imine (C=N–C) groups is 1. The zero-order chi connectivity index (χ0) is 17.5. The van der Waals surface area contributed by atoms with Crippen molar-refractivity contribution in [1.82, 2.24) is 10.2 Å². The van der Waals surface area contributed by atoms with Crippen LogP contribution in [0.25, 0.3) is 0 Å². The summed E-state index contributed by atoms with van der Waals surface area (Å²) in [6, 6.07) is 5.79. The van der Waals surface area contributed by atoms with E-state index in [0.29, 0.717) is 23.9 Å². The van der Waals surface area contributed by atoms with Crippen molar-refractivity contribution in [1.29, 1.82) is 0 Å². The van der Waals surface area contributed by atoms with Gasteiger partial charge in [-0.15, -0.1) is 0 Å². The number of carbonyl (C=O) groups excluding carboxylic acids is 1. The van der Waals surface area contributed by atoms with Crippen molar-refractivity contribution in [3.8, 4) is 5.75 Å². The molecular formula is C18H28N4O2. The number of nitrogens with zero attached hydrogens (tertiary/aromatic N) is 2. The Balaban J connectivity index is 2.03. The molecule has 132 valence electrons. The van der Waals surface area contributed by atoms with Crippen LogP contribution in [0.15, 0.2) is 23.2 Å². The Bertz CT molecular complexity index is 601. The lowest BCUT2D eigenvalue weighted by Gasteiger charge is -2.33. The van der Waals surface area contributed by atoms with Crippen LogP contribution in [0, 0.1) is 5.92 Å². The number of anilines is 1. The van der Waals surface area contributed by atoms with Gasteiger partial charge in [-0.25, -0.2) is 0 Å². The maximum Gasteiger partial charge on any atom is 0.221 e. The highest BCUT2D eigenvalue weighted by molar-refractivity contribution is 5.90. The minimum absolute atomic E-state index is 0.114. The van der Waals surface area contributed by atoms with Gasteiger partial charge in [-0.3, -0.25) is 9.79 Å². The average Bonchev–Trinajstić information content (AvgIpc) is 2.55. The monoisotopic (exact) mass is 332 g/mol. The van der Waals surface area contributed by atoms with Gasteiger partial charge in [0.15, 0.2) is 5.96 Å². The largest absolute Gasteiger partial charge is 0.495 e. The first kappa shape index (κ1) is 18.1. The molecule has 1 fully saturated rings. The summed E-state index contributed by atoms with van der Waals surface area (Å²) in [4.78, 5) is 18.0. The Morgan fingerprint density at radius 3 is 2.88 bits per heavy atom. The number of ether oxygens (including phenoxy) is 1. The van der Waals surface area contributed by atoms with Gasteiger partial charge in [0.25, 0.3) is 0 Å². The van der Waals surface area contributed by atoms with Crippen molar-refractivity contribution in [2.45, 2.75) is 33.2 Å². The van der Waals surface area contributed by atoms with Crippen LogP contribution in [0.5, 0.6) is 5.75 Å². The van der Waals surface area contributed by atoms with Gasteiger partial charge in [-0.05, 0) is 36.5 Å². The molecule has 1 unspecified atom stereocenters. The van der Waals surface area contributed by atoms with Crippen LogP contribution in [-0.2, 0) is 11.3 Å². The number of piperidine rings is 1. The second kappa shape index (κ2) is 8.57. The summed E-state index contributed by atoms with van der Waals surface area (Å²) in [5.74, 6) is 2.17. The lowest BCUT2D eigenvalue weighted by molar-refractivity contribution is -0.114. The van der Waals surface area contributed by atoms with Crippen molar-refractivity contribution in [2.24, 2.45) is 10.9 Å². The molecule has 1 saturated heterocycles. The normalized spacial score (nSPS) is 18.2. The molecule has 1 aromatic carbocycles. The molecule has 1 heterocycles. The molecule has 1 aromatic rings. The van der Waals surface area contributed by atoms with Crippen LogP contribution in [0.4, 0.5) is 5.69 Å². The summed E-state index contributed by atoms with van der Waals surface area (Å²) in [5.41, 5.74) is 1.75. The van der Waals surface area contributed by atoms with Crippen LogP contribution < -0.4 is 15.4 Å². The maximum absolute atomic E-state index is 11.3. The van der Waals surface area contributed by atoms with E-state index in [2.05, 4.69) is 27.4 Å². The van der Waals surface area contributed by atoms with E-state index in [1.807, 2.05) is 25.2 Å². The Labute approximate surface area is 144 Å². The van der Waals surface area contributed by atoms with Crippen molar-refractivity contribution < 1.29 is 9.53 Å². The second-order valence-corrected chi connectivity index (χ2v) is 6.31. The smallest absolute Gasteiger partial charge is 0.221 e. The summed E-state index contributed by atoms with van der Waals surface area (Å²) in [6.45, 7) is 6.50. The number of rotatable bonds is 4. The first-order chi connectivity index (χ1) is 11.5. The zero-order valence-corrected chi connectivity index (χ0v) is 15.1.